The molecule has 3 aromatic rings. The molecule has 1 heterocycles. The Morgan fingerprint density at radius 3 is 2.52 bits per heavy atom. The first-order chi connectivity index (χ1) is 14.8. The van der Waals surface area contributed by atoms with E-state index in [9.17, 15) is 13.2 Å². The Labute approximate surface area is 186 Å². The number of aromatic nitrogens is 1. The number of hydrogen-bond acceptors (Lipinski definition) is 5. The van der Waals surface area contributed by atoms with E-state index in [1.54, 1.807) is 25.3 Å². The molecule has 2 aromatic carbocycles. The van der Waals surface area contributed by atoms with Gasteiger partial charge in [0, 0.05) is 12.2 Å². The number of amides is 1. The van der Waals surface area contributed by atoms with Crippen LogP contribution < -0.4 is 14.8 Å². The van der Waals surface area contributed by atoms with Gasteiger partial charge >= 0.3 is 0 Å². The highest BCUT2D eigenvalue weighted by Gasteiger charge is 2.20. The van der Waals surface area contributed by atoms with Crippen LogP contribution >= 0.6 is 11.6 Å². The molecule has 0 saturated carbocycles. The molecule has 0 aliphatic carbocycles. The number of halogens is 1. The van der Waals surface area contributed by atoms with Crippen LogP contribution in [0.4, 0.5) is 0 Å². The van der Waals surface area contributed by atoms with Gasteiger partial charge in [-0.2, -0.15) is 0 Å². The summed E-state index contributed by atoms with van der Waals surface area (Å²) in [6.07, 6.45) is 1.64. The van der Waals surface area contributed by atoms with Gasteiger partial charge < -0.3 is 10.1 Å². The third-order valence-electron chi connectivity index (χ3n) is 4.40. The maximum Gasteiger partial charge on any atom is 0.258 e. The van der Waals surface area contributed by atoms with Crippen LogP contribution in [0.1, 0.15) is 24.2 Å². The lowest BCUT2D eigenvalue weighted by Gasteiger charge is -2.15. The zero-order chi connectivity index (χ0) is 22.3. The van der Waals surface area contributed by atoms with Gasteiger partial charge in [0.2, 0.25) is 10.0 Å². The molecule has 1 atom stereocenters. The topological polar surface area (TPSA) is 97.4 Å². The number of carbonyl (C=O) groups is 1. The number of pyridine rings is 1. The molecule has 0 aliphatic heterocycles. The molecule has 2 N–H and O–H groups in total. The Balaban J connectivity index is 1.58. The van der Waals surface area contributed by atoms with Crippen molar-refractivity contribution >= 4 is 27.5 Å². The van der Waals surface area contributed by atoms with E-state index in [0.29, 0.717) is 0 Å². The van der Waals surface area contributed by atoms with Crippen LogP contribution in [0.5, 0.6) is 5.75 Å². The van der Waals surface area contributed by atoms with Gasteiger partial charge in [0.25, 0.3) is 5.91 Å². The Kier molecular flexibility index (Phi) is 7.62. The number of carbonyl (C=O) groups excluding carboxylic acids is 1. The smallest absolute Gasteiger partial charge is 0.258 e. The second-order valence-corrected chi connectivity index (χ2v) is 8.85. The van der Waals surface area contributed by atoms with Crippen molar-refractivity contribution in [3.63, 3.8) is 0 Å². The number of nitrogens with zero attached hydrogens (tertiary/aromatic N) is 1. The van der Waals surface area contributed by atoms with Gasteiger partial charge in [0.05, 0.1) is 22.2 Å². The summed E-state index contributed by atoms with van der Waals surface area (Å²) in [6, 6.07) is 18.3. The third kappa shape index (κ3) is 6.52. The molecule has 162 valence electrons. The summed E-state index contributed by atoms with van der Waals surface area (Å²) >= 11 is 6.19. The molecule has 0 bridgehead atoms. The van der Waals surface area contributed by atoms with Crippen molar-refractivity contribution < 1.29 is 17.9 Å². The molecule has 0 unspecified atom stereocenters. The fraction of sp³-hybridized carbons (Fsp3) is 0.182. The molecule has 9 heteroatoms. The molecule has 1 amide bonds. The highest BCUT2D eigenvalue weighted by molar-refractivity contribution is 7.89. The van der Waals surface area contributed by atoms with Crippen molar-refractivity contribution in [2.75, 3.05) is 6.61 Å². The molecule has 0 aliphatic rings. The largest absolute Gasteiger partial charge is 0.482 e. The second kappa shape index (κ2) is 10.4. The summed E-state index contributed by atoms with van der Waals surface area (Å²) < 4.78 is 33.4. The number of benzene rings is 2. The number of hydrogen-bond donors (Lipinski definition) is 2. The normalized spacial score (nSPS) is 12.2. The minimum atomic E-state index is -3.79. The van der Waals surface area contributed by atoms with Gasteiger partial charge in [-0.25, -0.2) is 13.1 Å². The van der Waals surface area contributed by atoms with Crippen LogP contribution in [0, 0.1) is 0 Å². The monoisotopic (exact) mass is 459 g/mol. The number of nitrogens with one attached hydrogen (secondary N) is 2. The van der Waals surface area contributed by atoms with Crippen LogP contribution in [-0.2, 0) is 21.4 Å². The first kappa shape index (κ1) is 22.7. The van der Waals surface area contributed by atoms with E-state index >= 15 is 0 Å². The Morgan fingerprint density at radius 1 is 1.10 bits per heavy atom. The zero-order valence-electron chi connectivity index (χ0n) is 16.8. The summed E-state index contributed by atoms with van der Waals surface area (Å²) in [6.45, 7) is 1.77. The van der Waals surface area contributed by atoms with E-state index in [0.717, 1.165) is 11.3 Å². The summed E-state index contributed by atoms with van der Waals surface area (Å²) in [5.74, 6) is -0.138. The van der Waals surface area contributed by atoms with E-state index in [2.05, 4.69) is 15.0 Å². The summed E-state index contributed by atoms with van der Waals surface area (Å²) in [5, 5.41) is 2.78. The SMILES string of the molecule is C[C@H](NS(=O)(=O)c1ccc(OCC(=O)NCc2ccccn2)c(Cl)c1)c1ccccc1. The summed E-state index contributed by atoms with van der Waals surface area (Å²) in [5.41, 5.74) is 1.56. The van der Waals surface area contributed by atoms with Crippen LogP contribution in [0.2, 0.25) is 5.02 Å². The van der Waals surface area contributed by atoms with Crippen LogP contribution in [0.25, 0.3) is 0 Å². The predicted molar refractivity (Wildman–Crippen MR) is 118 cm³/mol. The maximum absolute atomic E-state index is 12.7. The van der Waals surface area contributed by atoms with Crippen molar-refractivity contribution in [3.8, 4) is 5.75 Å². The van der Waals surface area contributed by atoms with Crippen molar-refractivity contribution in [2.24, 2.45) is 0 Å². The molecule has 1 aromatic heterocycles. The minimum Gasteiger partial charge on any atom is -0.482 e. The summed E-state index contributed by atoms with van der Waals surface area (Å²) in [4.78, 5) is 16.1. The zero-order valence-corrected chi connectivity index (χ0v) is 18.4. The second-order valence-electron chi connectivity index (χ2n) is 6.73. The van der Waals surface area contributed by atoms with Gasteiger partial charge in [0.15, 0.2) is 6.61 Å². The molecule has 0 spiro atoms. The number of rotatable bonds is 9. The van der Waals surface area contributed by atoms with Crippen LogP contribution in [-0.4, -0.2) is 25.9 Å². The Hall–Kier alpha value is -2.94. The fourth-order valence-corrected chi connectivity index (χ4v) is 4.32. The Bertz CT molecular complexity index is 1130. The van der Waals surface area contributed by atoms with E-state index in [4.69, 9.17) is 16.3 Å². The van der Waals surface area contributed by atoms with E-state index < -0.39 is 16.1 Å². The van der Waals surface area contributed by atoms with Gasteiger partial charge in [0.1, 0.15) is 5.75 Å². The lowest BCUT2D eigenvalue weighted by molar-refractivity contribution is -0.123. The van der Waals surface area contributed by atoms with Gasteiger partial charge in [-0.05, 0) is 42.8 Å². The highest BCUT2D eigenvalue weighted by atomic mass is 35.5. The lowest BCUT2D eigenvalue weighted by atomic mass is 10.1. The predicted octanol–water partition coefficient (Wildman–Crippen LogP) is 3.47. The van der Waals surface area contributed by atoms with Crippen molar-refractivity contribution in [2.45, 2.75) is 24.4 Å². The average molecular weight is 460 g/mol. The van der Waals surface area contributed by atoms with Crippen molar-refractivity contribution in [3.05, 3.63) is 89.2 Å². The first-order valence-corrected chi connectivity index (χ1v) is 11.4. The quantitative estimate of drug-likeness (QED) is 0.510. The molecule has 0 radical (unpaired) electrons. The molecule has 31 heavy (non-hydrogen) atoms. The molecular formula is C22H22ClN3O4S. The van der Waals surface area contributed by atoms with Crippen LogP contribution in [0.15, 0.2) is 77.8 Å². The molecule has 0 fully saturated rings. The summed E-state index contributed by atoms with van der Waals surface area (Å²) in [7, 11) is -3.79. The van der Waals surface area contributed by atoms with Gasteiger partial charge in [-0.15, -0.1) is 0 Å². The van der Waals surface area contributed by atoms with Gasteiger partial charge in [-0.3, -0.25) is 9.78 Å². The number of ether oxygens (including phenoxy) is 1. The minimum absolute atomic E-state index is 0.00670. The molecule has 3 rings (SSSR count). The van der Waals surface area contributed by atoms with E-state index in [-0.39, 0.29) is 34.7 Å². The van der Waals surface area contributed by atoms with Crippen LogP contribution in [0.3, 0.4) is 0 Å². The molecule has 7 nitrogen and oxygen atoms in total. The highest BCUT2D eigenvalue weighted by Crippen LogP contribution is 2.28. The average Bonchev–Trinajstić information content (AvgIpc) is 2.77. The third-order valence-corrected chi connectivity index (χ3v) is 6.23. The Morgan fingerprint density at radius 2 is 1.84 bits per heavy atom. The molecule has 0 saturated heterocycles. The van der Waals surface area contributed by atoms with Crippen molar-refractivity contribution in [1.29, 1.82) is 0 Å². The standard InChI is InChI=1S/C22H22ClN3O4S/c1-16(17-7-3-2-4-8-17)26-31(28,29)19-10-11-21(20(23)13-19)30-15-22(27)25-14-18-9-5-6-12-24-18/h2-13,16,26H,14-15H2,1H3,(H,25,27)/t16-/m0/s1. The van der Waals surface area contributed by atoms with E-state index in [1.165, 1.54) is 18.2 Å². The fourth-order valence-electron chi connectivity index (χ4n) is 2.76. The van der Waals surface area contributed by atoms with Crippen molar-refractivity contribution in [1.82, 2.24) is 15.0 Å². The maximum atomic E-state index is 12.7. The first-order valence-electron chi connectivity index (χ1n) is 9.51. The lowest BCUT2D eigenvalue weighted by Crippen LogP contribution is -2.28. The van der Waals surface area contributed by atoms with E-state index in [1.807, 2.05) is 36.4 Å². The van der Waals surface area contributed by atoms with Gasteiger partial charge in [-0.1, -0.05) is 48.0 Å². The number of sulfonamides is 1. The molecular weight excluding hydrogens is 438 g/mol.